The maximum absolute atomic E-state index is 5.95. The van der Waals surface area contributed by atoms with Gasteiger partial charge in [0.15, 0.2) is 0 Å². The molecule has 1 fully saturated rings. The second-order valence-electron chi connectivity index (χ2n) is 5.25. The van der Waals surface area contributed by atoms with Crippen LogP contribution in [0.4, 0.5) is 0 Å². The highest BCUT2D eigenvalue weighted by Crippen LogP contribution is 2.37. The average Bonchev–Trinajstić information content (AvgIpc) is 2.08. The molecule has 0 spiro atoms. The predicted molar refractivity (Wildman–Crippen MR) is 58.5 cm³/mol. The molecule has 0 saturated heterocycles. The summed E-state index contributed by atoms with van der Waals surface area (Å²) in [5.74, 6) is 3.41. The van der Waals surface area contributed by atoms with Crippen molar-refractivity contribution in [2.75, 3.05) is 0 Å². The maximum Gasteiger partial charge on any atom is 0.00387 e. The summed E-state index contributed by atoms with van der Waals surface area (Å²) in [5.41, 5.74) is 5.95. The van der Waals surface area contributed by atoms with E-state index in [2.05, 4.69) is 27.7 Å². The summed E-state index contributed by atoms with van der Waals surface area (Å²) in [5, 5.41) is 0. The minimum absolute atomic E-state index is 0.366. The van der Waals surface area contributed by atoms with E-state index >= 15 is 0 Å². The number of hydrogen-bond donors (Lipinski definition) is 1. The van der Waals surface area contributed by atoms with Gasteiger partial charge in [-0.2, -0.15) is 0 Å². The third-order valence-corrected chi connectivity index (χ3v) is 4.21. The molecule has 0 amide bonds. The Hall–Kier alpha value is -0.0400. The van der Waals surface area contributed by atoms with E-state index in [0.717, 1.165) is 17.8 Å². The monoisotopic (exact) mass is 183 g/mol. The molecule has 5 unspecified atom stereocenters. The Kier molecular flexibility index (Phi) is 3.78. The van der Waals surface area contributed by atoms with Gasteiger partial charge in [0.1, 0.15) is 0 Å². The fourth-order valence-electron chi connectivity index (χ4n) is 2.50. The lowest BCUT2D eigenvalue weighted by Crippen LogP contribution is -2.34. The van der Waals surface area contributed by atoms with Gasteiger partial charge in [-0.1, -0.05) is 27.2 Å². The van der Waals surface area contributed by atoms with Crippen LogP contribution in [-0.4, -0.2) is 6.04 Å². The maximum atomic E-state index is 5.95. The van der Waals surface area contributed by atoms with Crippen molar-refractivity contribution in [2.45, 2.75) is 53.0 Å². The van der Waals surface area contributed by atoms with Gasteiger partial charge in [-0.05, 0) is 43.4 Å². The summed E-state index contributed by atoms with van der Waals surface area (Å²) >= 11 is 0. The van der Waals surface area contributed by atoms with Crippen molar-refractivity contribution in [3.8, 4) is 0 Å². The highest BCUT2D eigenvalue weighted by molar-refractivity contribution is 4.81. The second-order valence-corrected chi connectivity index (χ2v) is 5.25. The lowest BCUT2D eigenvalue weighted by molar-refractivity contribution is 0.152. The number of rotatable bonds is 2. The third-order valence-electron chi connectivity index (χ3n) is 4.21. The summed E-state index contributed by atoms with van der Waals surface area (Å²) in [6.07, 6.45) is 4.20. The van der Waals surface area contributed by atoms with Crippen LogP contribution >= 0.6 is 0 Å². The normalized spacial score (nSPS) is 39.9. The highest BCUT2D eigenvalue weighted by Gasteiger charge is 2.29. The van der Waals surface area contributed by atoms with Crippen molar-refractivity contribution in [2.24, 2.45) is 29.4 Å². The van der Waals surface area contributed by atoms with Crippen LogP contribution in [-0.2, 0) is 0 Å². The Morgan fingerprint density at radius 2 is 1.69 bits per heavy atom. The average molecular weight is 183 g/mol. The molecular formula is C12H25N. The smallest absolute Gasteiger partial charge is 0.00387 e. The Bertz CT molecular complexity index is 153. The molecule has 0 radical (unpaired) electrons. The van der Waals surface area contributed by atoms with Crippen molar-refractivity contribution in [3.05, 3.63) is 0 Å². The Morgan fingerprint density at radius 3 is 2.15 bits per heavy atom. The van der Waals surface area contributed by atoms with Gasteiger partial charge in [0.25, 0.3) is 0 Å². The summed E-state index contributed by atoms with van der Waals surface area (Å²) in [7, 11) is 0. The van der Waals surface area contributed by atoms with Gasteiger partial charge in [-0.15, -0.1) is 0 Å². The lowest BCUT2D eigenvalue weighted by Gasteiger charge is -2.36. The second kappa shape index (κ2) is 4.45. The van der Waals surface area contributed by atoms with Crippen molar-refractivity contribution < 1.29 is 0 Å². The van der Waals surface area contributed by atoms with Crippen molar-refractivity contribution >= 4 is 0 Å². The van der Waals surface area contributed by atoms with Crippen LogP contribution in [0.15, 0.2) is 0 Å². The van der Waals surface area contributed by atoms with Crippen molar-refractivity contribution in [1.29, 1.82) is 0 Å². The quantitative estimate of drug-likeness (QED) is 0.699. The van der Waals surface area contributed by atoms with Gasteiger partial charge in [0.05, 0.1) is 0 Å². The molecule has 0 heterocycles. The van der Waals surface area contributed by atoms with E-state index in [4.69, 9.17) is 5.73 Å². The molecule has 1 heteroatoms. The SMILES string of the molecule is CC(N)C(C)C1CCC(C)C(C)C1. The fourth-order valence-corrected chi connectivity index (χ4v) is 2.50. The summed E-state index contributed by atoms with van der Waals surface area (Å²) in [4.78, 5) is 0. The van der Waals surface area contributed by atoms with Gasteiger partial charge >= 0.3 is 0 Å². The molecule has 1 nitrogen and oxygen atoms in total. The van der Waals surface area contributed by atoms with E-state index in [0.29, 0.717) is 12.0 Å². The molecule has 1 rings (SSSR count). The molecule has 0 aromatic rings. The van der Waals surface area contributed by atoms with Gasteiger partial charge in [0.2, 0.25) is 0 Å². The molecule has 1 saturated carbocycles. The Balaban J connectivity index is 2.45. The molecule has 2 N–H and O–H groups in total. The van der Waals surface area contributed by atoms with Gasteiger partial charge in [0, 0.05) is 6.04 Å². The van der Waals surface area contributed by atoms with E-state index < -0.39 is 0 Å². The standard InChI is InChI=1S/C12H25N/c1-8-5-6-12(7-9(8)2)10(3)11(4)13/h8-12H,5-7,13H2,1-4H3. The van der Waals surface area contributed by atoms with E-state index in [1.165, 1.54) is 19.3 Å². The highest BCUT2D eigenvalue weighted by atomic mass is 14.6. The Morgan fingerprint density at radius 1 is 1.08 bits per heavy atom. The summed E-state index contributed by atoms with van der Waals surface area (Å²) in [6.45, 7) is 9.24. The van der Waals surface area contributed by atoms with Crippen LogP contribution in [0.1, 0.15) is 47.0 Å². The number of hydrogen-bond acceptors (Lipinski definition) is 1. The Labute approximate surface area is 83.1 Å². The topological polar surface area (TPSA) is 26.0 Å². The van der Waals surface area contributed by atoms with E-state index in [-0.39, 0.29) is 0 Å². The van der Waals surface area contributed by atoms with E-state index in [1.54, 1.807) is 0 Å². The first-order valence-electron chi connectivity index (χ1n) is 5.78. The summed E-state index contributed by atoms with van der Waals surface area (Å²) in [6, 6.07) is 0.366. The van der Waals surface area contributed by atoms with E-state index in [9.17, 15) is 0 Å². The van der Waals surface area contributed by atoms with Gasteiger partial charge in [-0.3, -0.25) is 0 Å². The van der Waals surface area contributed by atoms with Crippen molar-refractivity contribution in [3.63, 3.8) is 0 Å². The molecule has 78 valence electrons. The van der Waals surface area contributed by atoms with E-state index in [1.807, 2.05) is 0 Å². The largest absolute Gasteiger partial charge is 0.328 e. The van der Waals surface area contributed by atoms with Crippen LogP contribution in [0.2, 0.25) is 0 Å². The third kappa shape index (κ3) is 2.70. The predicted octanol–water partition coefficient (Wildman–Crippen LogP) is 3.04. The first-order valence-corrected chi connectivity index (χ1v) is 5.78. The zero-order valence-electron chi connectivity index (χ0n) is 9.59. The molecule has 0 aliphatic heterocycles. The molecule has 1 aliphatic rings. The first kappa shape index (κ1) is 11.0. The zero-order valence-corrected chi connectivity index (χ0v) is 9.59. The molecule has 0 bridgehead atoms. The van der Waals surface area contributed by atoms with Crippen LogP contribution in [0.3, 0.4) is 0 Å². The molecule has 5 atom stereocenters. The van der Waals surface area contributed by atoms with Crippen LogP contribution in [0.25, 0.3) is 0 Å². The lowest BCUT2D eigenvalue weighted by atomic mass is 9.70. The van der Waals surface area contributed by atoms with Gasteiger partial charge in [-0.25, -0.2) is 0 Å². The minimum Gasteiger partial charge on any atom is -0.328 e. The fraction of sp³-hybridized carbons (Fsp3) is 1.00. The molecule has 0 aromatic carbocycles. The molecule has 1 aliphatic carbocycles. The summed E-state index contributed by atoms with van der Waals surface area (Å²) < 4.78 is 0. The molecule has 0 aromatic heterocycles. The van der Waals surface area contributed by atoms with Crippen molar-refractivity contribution in [1.82, 2.24) is 0 Å². The zero-order chi connectivity index (χ0) is 10.0. The minimum atomic E-state index is 0.366. The van der Waals surface area contributed by atoms with Crippen LogP contribution < -0.4 is 5.73 Å². The molecule has 13 heavy (non-hydrogen) atoms. The molecular weight excluding hydrogens is 158 g/mol. The van der Waals surface area contributed by atoms with Crippen LogP contribution in [0.5, 0.6) is 0 Å². The van der Waals surface area contributed by atoms with Crippen LogP contribution in [0, 0.1) is 23.7 Å². The van der Waals surface area contributed by atoms with Gasteiger partial charge < -0.3 is 5.73 Å². The number of nitrogens with two attached hydrogens (primary N) is 1. The first-order chi connectivity index (χ1) is 6.02.